The third-order valence-corrected chi connectivity index (χ3v) is 7.05. The smallest absolute Gasteiger partial charge is 0.338 e. The maximum Gasteiger partial charge on any atom is 0.338 e. The molecule has 0 spiro atoms. The van der Waals surface area contributed by atoms with Crippen molar-refractivity contribution in [1.82, 2.24) is 4.31 Å². The largest absolute Gasteiger partial charge is 0.452 e. The van der Waals surface area contributed by atoms with E-state index in [1.54, 1.807) is 19.2 Å². The van der Waals surface area contributed by atoms with E-state index in [2.05, 4.69) is 0 Å². The third kappa shape index (κ3) is 5.25. The summed E-state index contributed by atoms with van der Waals surface area (Å²) in [6, 6.07) is 14.7. The molecule has 0 saturated carbocycles. The van der Waals surface area contributed by atoms with Crippen molar-refractivity contribution < 1.29 is 22.7 Å². The molecular weight excluding hydrogens is 404 g/mol. The van der Waals surface area contributed by atoms with Gasteiger partial charge in [-0.3, -0.25) is 4.79 Å². The van der Waals surface area contributed by atoms with Gasteiger partial charge in [-0.15, -0.1) is 0 Å². The van der Waals surface area contributed by atoms with Crippen LogP contribution in [0.15, 0.2) is 59.5 Å². The Morgan fingerprint density at radius 3 is 2.13 bits per heavy atom. The molecule has 1 saturated heterocycles. The number of likely N-dealkylation sites (N-methyl/N-ethyl adjacent to an activating group) is 1. The first-order valence-electron chi connectivity index (χ1n) is 9.98. The van der Waals surface area contributed by atoms with Crippen molar-refractivity contribution in [2.24, 2.45) is 0 Å². The van der Waals surface area contributed by atoms with E-state index in [4.69, 9.17) is 4.74 Å². The van der Waals surface area contributed by atoms with Crippen molar-refractivity contribution in [3.05, 3.63) is 60.2 Å². The second-order valence-electron chi connectivity index (χ2n) is 7.21. The number of carbonyl (C=O) groups is 2. The summed E-state index contributed by atoms with van der Waals surface area (Å²) < 4.78 is 32.2. The van der Waals surface area contributed by atoms with Crippen LogP contribution in [0.2, 0.25) is 0 Å². The third-order valence-electron chi connectivity index (χ3n) is 5.14. The maximum atomic E-state index is 12.8. The van der Waals surface area contributed by atoms with Crippen molar-refractivity contribution in [2.75, 3.05) is 31.6 Å². The van der Waals surface area contributed by atoms with E-state index >= 15 is 0 Å². The second-order valence-corrected chi connectivity index (χ2v) is 9.15. The minimum atomic E-state index is -3.57. The van der Waals surface area contributed by atoms with Crippen molar-refractivity contribution in [3.8, 4) is 0 Å². The molecule has 2 aromatic rings. The molecule has 1 amide bonds. The molecule has 3 rings (SSSR count). The van der Waals surface area contributed by atoms with E-state index in [0.717, 1.165) is 25.7 Å². The van der Waals surface area contributed by atoms with E-state index in [1.165, 1.54) is 33.5 Å². The predicted molar refractivity (Wildman–Crippen MR) is 114 cm³/mol. The van der Waals surface area contributed by atoms with Gasteiger partial charge in [-0.1, -0.05) is 31.0 Å². The van der Waals surface area contributed by atoms with Crippen LogP contribution in [0.3, 0.4) is 0 Å². The van der Waals surface area contributed by atoms with Gasteiger partial charge in [-0.25, -0.2) is 13.2 Å². The summed E-state index contributed by atoms with van der Waals surface area (Å²) in [4.78, 5) is 26.1. The van der Waals surface area contributed by atoms with Gasteiger partial charge in [-0.2, -0.15) is 4.31 Å². The number of sulfonamides is 1. The Bertz CT molecular complexity index is 966. The van der Waals surface area contributed by atoms with Gasteiger partial charge in [0.25, 0.3) is 5.91 Å². The number of amides is 1. The van der Waals surface area contributed by atoms with Crippen LogP contribution in [-0.4, -0.2) is 51.3 Å². The number of esters is 1. The molecule has 1 aliphatic rings. The fourth-order valence-corrected chi connectivity index (χ4v) is 4.81. The zero-order chi connectivity index (χ0) is 21.6. The van der Waals surface area contributed by atoms with Gasteiger partial charge in [0.1, 0.15) is 0 Å². The van der Waals surface area contributed by atoms with Crippen LogP contribution in [0.4, 0.5) is 5.69 Å². The maximum absolute atomic E-state index is 12.8. The zero-order valence-electron chi connectivity index (χ0n) is 17.0. The molecule has 0 aliphatic carbocycles. The molecule has 0 N–H and O–H groups in total. The Morgan fingerprint density at radius 2 is 1.53 bits per heavy atom. The van der Waals surface area contributed by atoms with E-state index < -0.39 is 22.6 Å². The molecule has 1 fully saturated rings. The Balaban J connectivity index is 1.60. The molecule has 0 atom stereocenters. The Morgan fingerprint density at radius 1 is 0.933 bits per heavy atom. The molecule has 0 unspecified atom stereocenters. The van der Waals surface area contributed by atoms with Crippen molar-refractivity contribution in [1.29, 1.82) is 0 Å². The number of anilines is 1. The minimum Gasteiger partial charge on any atom is -0.452 e. The van der Waals surface area contributed by atoms with Gasteiger partial charge in [0, 0.05) is 25.8 Å². The average Bonchev–Trinajstić information content (AvgIpc) is 3.07. The second kappa shape index (κ2) is 9.86. The van der Waals surface area contributed by atoms with Gasteiger partial charge >= 0.3 is 5.97 Å². The zero-order valence-corrected chi connectivity index (χ0v) is 17.8. The van der Waals surface area contributed by atoms with Gasteiger partial charge in [0.15, 0.2) is 6.61 Å². The summed E-state index contributed by atoms with van der Waals surface area (Å²) in [5.74, 6) is -1.04. The van der Waals surface area contributed by atoms with Crippen LogP contribution in [0.5, 0.6) is 0 Å². The molecule has 0 aromatic heterocycles. The monoisotopic (exact) mass is 430 g/mol. The average molecular weight is 431 g/mol. The molecule has 7 nitrogen and oxygen atoms in total. The summed E-state index contributed by atoms with van der Waals surface area (Å²) >= 11 is 0. The number of para-hydroxylation sites is 1. The normalized spacial score (nSPS) is 15.2. The molecule has 1 heterocycles. The molecular formula is C22H26N2O5S. The number of rotatable bonds is 6. The van der Waals surface area contributed by atoms with Gasteiger partial charge < -0.3 is 9.64 Å². The quantitative estimate of drug-likeness (QED) is 0.658. The Kier molecular flexibility index (Phi) is 7.23. The molecule has 1 aliphatic heterocycles. The molecule has 160 valence electrons. The fourth-order valence-electron chi connectivity index (χ4n) is 3.30. The fraction of sp³-hybridized carbons (Fsp3) is 0.364. The van der Waals surface area contributed by atoms with Gasteiger partial charge in [0.2, 0.25) is 10.0 Å². The van der Waals surface area contributed by atoms with Crippen molar-refractivity contribution in [2.45, 2.75) is 30.6 Å². The van der Waals surface area contributed by atoms with Crippen LogP contribution < -0.4 is 4.90 Å². The van der Waals surface area contributed by atoms with Crippen LogP contribution in [0.1, 0.15) is 36.0 Å². The number of ether oxygens (including phenoxy) is 1. The van der Waals surface area contributed by atoms with Crippen LogP contribution in [0.25, 0.3) is 0 Å². The standard InChI is InChI=1S/C22H26N2O5S/c1-23(19-9-5-4-6-10-19)21(25)17-29-22(26)18-11-13-20(14-12-18)30(27,28)24-15-7-2-3-8-16-24/h4-6,9-14H,2-3,7-8,15-17H2,1H3. The highest BCUT2D eigenvalue weighted by Crippen LogP contribution is 2.21. The number of nitrogens with zero attached hydrogens (tertiary/aromatic N) is 2. The summed E-state index contributed by atoms with van der Waals surface area (Å²) in [6.07, 6.45) is 3.79. The first-order valence-corrected chi connectivity index (χ1v) is 11.4. The van der Waals surface area contributed by atoms with Crippen LogP contribution in [-0.2, 0) is 19.6 Å². The molecule has 0 radical (unpaired) electrons. The van der Waals surface area contributed by atoms with Gasteiger partial charge in [0.05, 0.1) is 10.5 Å². The first-order chi connectivity index (χ1) is 14.4. The molecule has 0 bridgehead atoms. The number of carbonyl (C=O) groups excluding carboxylic acids is 2. The molecule has 8 heteroatoms. The lowest BCUT2D eigenvalue weighted by atomic mass is 10.2. The first kappa shape index (κ1) is 22.0. The van der Waals surface area contributed by atoms with E-state index in [-0.39, 0.29) is 16.4 Å². The number of hydrogen-bond donors (Lipinski definition) is 0. The summed E-state index contributed by atoms with van der Waals surface area (Å²) in [7, 11) is -1.97. The van der Waals surface area contributed by atoms with Gasteiger partial charge in [-0.05, 0) is 49.2 Å². The summed E-state index contributed by atoms with van der Waals surface area (Å²) in [5.41, 5.74) is 0.890. The lowest BCUT2D eigenvalue weighted by Crippen LogP contribution is -2.32. The highest BCUT2D eigenvalue weighted by atomic mass is 32.2. The van der Waals surface area contributed by atoms with Crippen LogP contribution >= 0.6 is 0 Å². The predicted octanol–water partition coefficient (Wildman–Crippen LogP) is 3.07. The van der Waals surface area contributed by atoms with Crippen LogP contribution in [0, 0.1) is 0 Å². The number of benzene rings is 2. The topological polar surface area (TPSA) is 84.0 Å². The van der Waals surface area contributed by atoms with Crippen molar-refractivity contribution in [3.63, 3.8) is 0 Å². The highest BCUT2D eigenvalue weighted by Gasteiger charge is 2.25. The van der Waals surface area contributed by atoms with E-state index in [0.29, 0.717) is 18.8 Å². The molecule has 30 heavy (non-hydrogen) atoms. The van der Waals surface area contributed by atoms with E-state index in [9.17, 15) is 18.0 Å². The van der Waals surface area contributed by atoms with E-state index in [1.807, 2.05) is 18.2 Å². The SMILES string of the molecule is CN(C(=O)COC(=O)c1ccc(S(=O)(=O)N2CCCCCC2)cc1)c1ccccc1. The Hall–Kier alpha value is -2.71. The highest BCUT2D eigenvalue weighted by molar-refractivity contribution is 7.89. The number of hydrogen-bond acceptors (Lipinski definition) is 5. The lowest BCUT2D eigenvalue weighted by Gasteiger charge is -2.20. The summed E-state index contributed by atoms with van der Waals surface area (Å²) in [5, 5.41) is 0. The summed E-state index contributed by atoms with van der Waals surface area (Å²) in [6.45, 7) is 0.629. The van der Waals surface area contributed by atoms with Crippen molar-refractivity contribution >= 4 is 27.6 Å². The Labute approximate surface area is 177 Å². The minimum absolute atomic E-state index is 0.154. The molecule has 2 aromatic carbocycles. The lowest BCUT2D eigenvalue weighted by molar-refractivity contribution is -0.121.